The van der Waals surface area contributed by atoms with Crippen LogP contribution in [0.3, 0.4) is 0 Å². The second-order valence-corrected chi connectivity index (χ2v) is 6.93. The van der Waals surface area contributed by atoms with Crippen molar-refractivity contribution in [2.45, 2.75) is 43.9 Å². The topological polar surface area (TPSA) is 30.5 Å². The van der Waals surface area contributed by atoms with E-state index in [0.717, 1.165) is 12.8 Å². The van der Waals surface area contributed by atoms with Gasteiger partial charge in [0, 0.05) is 23.2 Å². The molecule has 2 heterocycles. The molecule has 126 valence electrons. The van der Waals surface area contributed by atoms with Gasteiger partial charge in [-0.05, 0) is 62.1 Å². The quantitative estimate of drug-likeness (QED) is 0.850. The van der Waals surface area contributed by atoms with Crippen molar-refractivity contribution < 1.29 is 13.9 Å². The fraction of sp³-hybridized carbons (Fsp3) is 0.368. The minimum absolute atomic E-state index is 0.159. The first-order chi connectivity index (χ1) is 11.7. The van der Waals surface area contributed by atoms with Gasteiger partial charge in [-0.1, -0.05) is 11.6 Å². The van der Waals surface area contributed by atoms with Crippen molar-refractivity contribution >= 4 is 11.6 Å². The van der Waals surface area contributed by atoms with Gasteiger partial charge in [-0.3, -0.25) is 0 Å². The second kappa shape index (κ2) is 6.61. The maximum absolute atomic E-state index is 14.0. The second-order valence-electron chi connectivity index (χ2n) is 6.50. The van der Waals surface area contributed by atoms with E-state index in [1.807, 2.05) is 0 Å². The average molecular weight is 348 g/mol. The molecule has 5 heteroatoms. The summed E-state index contributed by atoms with van der Waals surface area (Å²) in [5.41, 5.74) is 0. The Morgan fingerprint density at radius 3 is 2.33 bits per heavy atom. The van der Waals surface area contributed by atoms with E-state index in [1.165, 1.54) is 18.9 Å². The Labute approximate surface area is 145 Å². The van der Waals surface area contributed by atoms with Crippen molar-refractivity contribution in [3.8, 4) is 17.2 Å². The molecule has 24 heavy (non-hydrogen) atoms. The van der Waals surface area contributed by atoms with Crippen LogP contribution in [-0.2, 0) is 0 Å². The van der Waals surface area contributed by atoms with Crippen LogP contribution in [0, 0.1) is 5.82 Å². The lowest BCUT2D eigenvalue weighted by molar-refractivity contribution is 0.137. The van der Waals surface area contributed by atoms with E-state index in [9.17, 15) is 4.39 Å². The van der Waals surface area contributed by atoms with Crippen LogP contribution in [0.4, 0.5) is 4.39 Å². The van der Waals surface area contributed by atoms with Crippen LogP contribution in [0.5, 0.6) is 17.2 Å². The van der Waals surface area contributed by atoms with Crippen molar-refractivity contribution in [3.05, 3.63) is 53.3 Å². The van der Waals surface area contributed by atoms with Crippen LogP contribution in [0.25, 0.3) is 0 Å². The average Bonchev–Trinajstić information content (AvgIpc) is 2.91. The minimum atomic E-state index is -0.414. The van der Waals surface area contributed by atoms with E-state index in [2.05, 4.69) is 5.32 Å². The molecule has 2 bridgehead atoms. The summed E-state index contributed by atoms with van der Waals surface area (Å²) in [5.74, 6) is 0.927. The Hall–Kier alpha value is -1.78. The van der Waals surface area contributed by atoms with Gasteiger partial charge in [0.25, 0.3) is 0 Å². The molecular weight excluding hydrogens is 329 g/mol. The number of ether oxygens (including phenoxy) is 2. The molecule has 0 aliphatic carbocycles. The third-order valence-corrected chi connectivity index (χ3v) is 4.93. The van der Waals surface area contributed by atoms with E-state index in [0.29, 0.717) is 28.6 Å². The minimum Gasteiger partial charge on any atom is -0.490 e. The predicted octanol–water partition coefficient (Wildman–Crippen LogP) is 4.93. The SMILES string of the molecule is Fc1ccc(OC2CC3CCC(C2)N3)cc1Oc1ccc(Cl)cc1. The van der Waals surface area contributed by atoms with E-state index in [1.54, 1.807) is 36.4 Å². The molecule has 2 unspecified atom stereocenters. The number of fused-ring (bicyclic) bond motifs is 2. The molecule has 2 aliphatic rings. The molecule has 4 rings (SSSR count). The molecule has 3 nitrogen and oxygen atoms in total. The number of nitrogens with one attached hydrogen (secondary N) is 1. The highest BCUT2D eigenvalue weighted by atomic mass is 35.5. The summed E-state index contributed by atoms with van der Waals surface area (Å²) in [4.78, 5) is 0. The summed E-state index contributed by atoms with van der Waals surface area (Å²) in [7, 11) is 0. The lowest BCUT2D eigenvalue weighted by atomic mass is 10.0. The molecule has 2 atom stereocenters. The van der Waals surface area contributed by atoms with Gasteiger partial charge in [-0.25, -0.2) is 4.39 Å². The molecule has 1 N–H and O–H groups in total. The highest BCUT2D eigenvalue weighted by Gasteiger charge is 2.34. The normalized spacial score (nSPS) is 25.5. The smallest absolute Gasteiger partial charge is 0.166 e. The van der Waals surface area contributed by atoms with Crippen LogP contribution < -0.4 is 14.8 Å². The van der Waals surface area contributed by atoms with Crippen LogP contribution in [0.1, 0.15) is 25.7 Å². The maximum atomic E-state index is 14.0. The van der Waals surface area contributed by atoms with Crippen molar-refractivity contribution in [3.63, 3.8) is 0 Å². The molecule has 0 spiro atoms. The van der Waals surface area contributed by atoms with Crippen molar-refractivity contribution in [2.24, 2.45) is 0 Å². The van der Waals surface area contributed by atoms with Gasteiger partial charge in [-0.2, -0.15) is 0 Å². The van der Waals surface area contributed by atoms with Gasteiger partial charge >= 0.3 is 0 Å². The highest BCUT2D eigenvalue weighted by molar-refractivity contribution is 6.30. The molecular formula is C19H19ClFNO2. The van der Waals surface area contributed by atoms with E-state index < -0.39 is 5.82 Å². The largest absolute Gasteiger partial charge is 0.490 e. The molecule has 2 fully saturated rings. The predicted molar refractivity (Wildman–Crippen MR) is 91.5 cm³/mol. The molecule has 0 aromatic heterocycles. The lowest BCUT2D eigenvalue weighted by Crippen LogP contribution is -2.42. The van der Waals surface area contributed by atoms with Crippen molar-refractivity contribution in [1.29, 1.82) is 0 Å². The monoisotopic (exact) mass is 347 g/mol. The molecule has 0 radical (unpaired) electrons. The molecule has 2 aromatic carbocycles. The van der Waals surface area contributed by atoms with Gasteiger partial charge < -0.3 is 14.8 Å². The zero-order chi connectivity index (χ0) is 16.5. The first kappa shape index (κ1) is 15.7. The Morgan fingerprint density at radius 1 is 0.958 bits per heavy atom. The Balaban J connectivity index is 1.47. The van der Waals surface area contributed by atoms with Crippen LogP contribution in [0.2, 0.25) is 5.02 Å². The highest BCUT2D eigenvalue weighted by Crippen LogP contribution is 2.33. The standard InChI is InChI=1S/C19H19ClFNO2/c20-12-1-5-15(6-2-12)24-19-11-16(7-8-18(19)21)23-17-9-13-3-4-14(10-17)22-13/h1-2,5-8,11,13-14,17,22H,3-4,9-10H2. The lowest BCUT2D eigenvalue weighted by Gasteiger charge is -2.29. The third kappa shape index (κ3) is 3.50. The number of piperidine rings is 1. The van der Waals surface area contributed by atoms with E-state index in [-0.39, 0.29) is 11.9 Å². The summed E-state index contributed by atoms with van der Waals surface area (Å²) < 4.78 is 25.7. The number of hydrogen-bond donors (Lipinski definition) is 1. The molecule has 0 saturated carbocycles. The summed E-state index contributed by atoms with van der Waals surface area (Å²) >= 11 is 5.85. The third-order valence-electron chi connectivity index (χ3n) is 4.68. The zero-order valence-electron chi connectivity index (χ0n) is 13.2. The van der Waals surface area contributed by atoms with Crippen molar-refractivity contribution in [1.82, 2.24) is 5.32 Å². The Morgan fingerprint density at radius 2 is 1.62 bits per heavy atom. The molecule has 0 amide bonds. The molecule has 2 saturated heterocycles. The first-order valence-corrected chi connectivity index (χ1v) is 8.69. The summed E-state index contributed by atoms with van der Waals surface area (Å²) in [5, 5.41) is 4.20. The number of halogens is 2. The fourth-order valence-electron chi connectivity index (χ4n) is 3.56. The maximum Gasteiger partial charge on any atom is 0.166 e. The van der Waals surface area contributed by atoms with Crippen LogP contribution in [-0.4, -0.2) is 18.2 Å². The number of benzene rings is 2. The van der Waals surface area contributed by atoms with E-state index >= 15 is 0 Å². The van der Waals surface area contributed by atoms with Gasteiger partial charge in [-0.15, -0.1) is 0 Å². The van der Waals surface area contributed by atoms with Crippen LogP contribution in [0.15, 0.2) is 42.5 Å². The fourth-order valence-corrected chi connectivity index (χ4v) is 3.68. The number of rotatable bonds is 4. The Bertz CT molecular complexity index is 710. The Kier molecular flexibility index (Phi) is 4.33. The van der Waals surface area contributed by atoms with Gasteiger partial charge in [0.15, 0.2) is 11.6 Å². The van der Waals surface area contributed by atoms with E-state index in [4.69, 9.17) is 21.1 Å². The number of hydrogen-bond acceptors (Lipinski definition) is 3. The molecule has 2 aromatic rings. The summed E-state index contributed by atoms with van der Waals surface area (Å²) in [6.07, 6.45) is 4.62. The summed E-state index contributed by atoms with van der Waals surface area (Å²) in [6.45, 7) is 0. The molecule has 2 aliphatic heterocycles. The zero-order valence-corrected chi connectivity index (χ0v) is 13.9. The van der Waals surface area contributed by atoms with Gasteiger partial charge in [0.2, 0.25) is 0 Å². The first-order valence-electron chi connectivity index (χ1n) is 8.31. The summed E-state index contributed by atoms with van der Waals surface area (Å²) in [6, 6.07) is 12.6. The van der Waals surface area contributed by atoms with Crippen molar-refractivity contribution in [2.75, 3.05) is 0 Å². The van der Waals surface area contributed by atoms with Gasteiger partial charge in [0.1, 0.15) is 17.6 Å². The van der Waals surface area contributed by atoms with Crippen LogP contribution >= 0.6 is 11.6 Å². The van der Waals surface area contributed by atoms with Gasteiger partial charge in [0.05, 0.1) is 0 Å².